The van der Waals surface area contributed by atoms with Gasteiger partial charge in [-0.25, -0.2) is 4.85 Å². The monoisotopic (exact) mass is 390 g/mol. The van der Waals surface area contributed by atoms with Crippen molar-refractivity contribution in [3.8, 4) is 35.1 Å². The Hall–Kier alpha value is -4.78. The van der Waals surface area contributed by atoms with Crippen LogP contribution in [0.25, 0.3) is 9.69 Å². The van der Waals surface area contributed by atoms with E-state index < -0.39 is 0 Å². The maximum Gasteiger partial charge on any atom is 0.198 e. The van der Waals surface area contributed by atoms with Crippen molar-refractivity contribution in [2.45, 2.75) is 13.8 Å². The largest absolute Gasteiger partial charge is 0.458 e. The molecular weight excluding hydrogens is 376 g/mol. The number of benzene rings is 3. The van der Waals surface area contributed by atoms with Gasteiger partial charge in [0.25, 0.3) is 0 Å². The third-order valence-electron chi connectivity index (χ3n) is 4.42. The average Bonchev–Trinajstić information content (AvgIpc) is 2.78. The van der Waals surface area contributed by atoms with E-state index in [-0.39, 0.29) is 22.5 Å². The van der Waals surface area contributed by atoms with Crippen LogP contribution >= 0.6 is 0 Å². The zero-order valence-corrected chi connectivity index (χ0v) is 16.2. The van der Waals surface area contributed by atoms with Crippen LogP contribution < -0.4 is 9.47 Å². The lowest BCUT2D eigenvalue weighted by molar-refractivity contribution is 0.451. The van der Waals surface area contributed by atoms with Crippen LogP contribution in [0, 0.1) is 49.7 Å². The van der Waals surface area contributed by atoms with Crippen molar-refractivity contribution in [3.63, 3.8) is 0 Å². The predicted molar refractivity (Wildman–Crippen MR) is 111 cm³/mol. The molecule has 6 nitrogen and oxygen atoms in total. The van der Waals surface area contributed by atoms with E-state index in [0.717, 1.165) is 11.1 Å². The van der Waals surface area contributed by atoms with Gasteiger partial charge < -0.3 is 9.47 Å². The summed E-state index contributed by atoms with van der Waals surface area (Å²) in [4.78, 5) is 6.70. The molecule has 0 aromatic heterocycles. The van der Waals surface area contributed by atoms with Crippen LogP contribution in [0.5, 0.6) is 23.0 Å². The molecule has 3 aromatic carbocycles. The molecule has 6 heteroatoms. The van der Waals surface area contributed by atoms with Crippen LogP contribution in [0.4, 0.5) is 11.4 Å². The van der Waals surface area contributed by atoms with E-state index in [1.54, 1.807) is 30.3 Å². The van der Waals surface area contributed by atoms with Gasteiger partial charge in [-0.3, -0.25) is 4.85 Å². The summed E-state index contributed by atoms with van der Waals surface area (Å²) in [5.41, 5.74) is 2.63. The molecule has 0 aliphatic carbocycles. The minimum absolute atomic E-state index is 0.229. The minimum Gasteiger partial charge on any atom is -0.458 e. The average molecular weight is 390 g/mol. The van der Waals surface area contributed by atoms with Gasteiger partial charge in [-0.2, -0.15) is 10.5 Å². The van der Waals surface area contributed by atoms with Crippen LogP contribution in [0.15, 0.2) is 48.5 Å². The zero-order chi connectivity index (χ0) is 21.7. The van der Waals surface area contributed by atoms with Crippen LogP contribution in [0.3, 0.4) is 0 Å². The Labute approximate surface area is 174 Å². The summed E-state index contributed by atoms with van der Waals surface area (Å²) in [7, 11) is 0. The van der Waals surface area contributed by atoms with Gasteiger partial charge in [-0.05, 0) is 55.8 Å². The molecule has 3 aromatic rings. The molecule has 0 N–H and O–H groups in total. The van der Waals surface area contributed by atoms with Gasteiger partial charge in [0.05, 0.1) is 24.3 Å². The van der Waals surface area contributed by atoms with Gasteiger partial charge in [0.15, 0.2) is 11.4 Å². The summed E-state index contributed by atoms with van der Waals surface area (Å²) < 4.78 is 12.0. The van der Waals surface area contributed by atoms with Crippen molar-refractivity contribution in [2.75, 3.05) is 0 Å². The van der Waals surface area contributed by atoms with Crippen molar-refractivity contribution in [3.05, 3.63) is 93.6 Å². The SMILES string of the molecule is [C-]#[N+]c1ccc(Oc2c(C)ccc(Oc3ccc(C#N)c(C#N)c3)c2C)cc1[N+]#[C-]. The Bertz CT molecular complexity index is 1320. The van der Waals surface area contributed by atoms with E-state index in [1.165, 1.54) is 12.1 Å². The Balaban J connectivity index is 1.96. The fourth-order valence-corrected chi connectivity index (χ4v) is 2.85. The highest BCUT2D eigenvalue weighted by Gasteiger charge is 2.14. The smallest absolute Gasteiger partial charge is 0.198 e. The lowest BCUT2D eigenvalue weighted by Crippen LogP contribution is -1.95. The number of rotatable bonds is 4. The minimum atomic E-state index is 0.229. The summed E-state index contributed by atoms with van der Waals surface area (Å²) in [6, 6.07) is 17.0. The molecule has 0 radical (unpaired) electrons. The maximum absolute atomic E-state index is 9.20. The quantitative estimate of drug-likeness (QED) is 0.463. The molecule has 0 amide bonds. The molecule has 0 aliphatic rings. The van der Waals surface area contributed by atoms with Gasteiger partial charge >= 0.3 is 0 Å². The number of nitrogens with zero attached hydrogens (tertiary/aromatic N) is 4. The van der Waals surface area contributed by atoms with E-state index in [0.29, 0.717) is 23.0 Å². The molecule has 0 heterocycles. The molecular formula is C24H14N4O2. The van der Waals surface area contributed by atoms with Crippen molar-refractivity contribution >= 4 is 11.4 Å². The second kappa shape index (κ2) is 8.49. The van der Waals surface area contributed by atoms with Crippen LogP contribution in [-0.2, 0) is 0 Å². The highest BCUT2D eigenvalue weighted by Crippen LogP contribution is 2.39. The Morgan fingerprint density at radius 2 is 1.43 bits per heavy atom. The molecule has 0 saturated carbocycles. The summed E-state index contributed by atoms with van der Waals surface area (Å²) >= 11 is 0. The molecule has 0 bridgehead atoms. The summed E-state index contributed by atoms with van der Waals surface area (Å²) in [6.07, 6.45) is 0. The summed E-state index contributed by atoms with van der Waals surface area (Å²) in [6.45, 7) is 18.1. The first kappa shape index (κ1) is 20.0. The number of hydrogen-bond acceptors (Lipinski definition) is 4. The molecule has 3 rings (SSSR count). The first-order valence-electron chi connectivity index (χ1n) is 8.79. The van der Waals surface area contributed by atoms with E-state index in [4.69, 9.17) is 27.9 Å². The lowest BCUT2D eigenvalue weighted by Gasteiger charge is -2.16. The summed E-state index contributed by atoms with van der Waals surface area (Å²) in [5.74, 6) is 1.99. The first-order chi connectivity index (χ1) is 14.5. The Kier molecular flexibility index (Phi) is 5.65. The Morgan fingerprint density at radius 1 is 0.767 bits per heavy atom. The molecule has 142 valence electrons. The zero-order valence-electron chi connectivity index (χ0n) is 16.2. The fourth-order valence-electron chi connectivity index (χ4n) is 2.85. The third-order valence-corrected chi connectivity index (χ3v) is 4.42. The second-order valence-corrected chi connectivity index (χ2v) is 6.34. The van der Waals surface area contributed by atoms with Crippen molar-refractivity contribution < 1.29 is 9.47 Å². The van der Waals surface area contributed by atoms with Gasteiger partial charge in [-0.15, -0.1) is 0 Å². The molecule has 0 aliphatic heterocycles. The summed E-state index contributed by atoms with van der Waals surface area (Å²) in [5, 5.41) is 18.3. The van der Waals surface area contributed by atoms with Gasteiger partial charge in [-0.1, -0.05) is 12.1 Å². The maximum atomic E-state index is 9.20. The topological polar surface area (TPSA) is 74.8 Å². The number of ether oxygens (including phenoxy) is 2. The molecule has 0 spiro atoms. The van der Waals surface area contributed by atoms with Gasteiger partial charge in [0.2, 0.25) is 0 Å². The second-order valence-electron chi connectivity index (χ2n) is 6.34. The van der Waals surface area contributed by atoms with E-state index in [9.17, 15) is 5.26 Å². The number of nitriles is 2. The highest BCUT2D eigenvalue weighted by molar-refractivity contribution is 5.72. The van der Waals surface area contributed by atoms with Crippen molar-refractivity contribution in [1.29, 1.82) is 10.5 Å². The van der Waals surface area contributed by atoms with Crippen molar-refractivity contribution in [1.82, 2.24) is 0 Å². The first-order valence-corrected chi connectivity index (χ1v) is 8.79. The van der Waals surface area contributed by atoms with Crippen LogP contribution in [0.2, 0.25) is 0 Å². The van der Waals surface area contributed by atoms with Crippen LogP contribution in [0.1, 0.15) is 22.3 Å². The number of hydrogen-bond donors (Lipinski definition) is 0. The Morgan fingerprint density at radius 3 is 2.10 bits per heavy atom. The molecule has 0 atom stereocenters. The van der Waals surface area contributed by atoms with E-state index in [2.05, 4.69) is 9.69 Å². The molecule has 30 heavy (non-hydrogen) atoms. The van der Waals surface area contributed by atoms with Gasteiger partial charge in [0, 0.05) is 5.56 Å². The normalized spacial score (nSPS) is 9.53. The van der Waals surface area contributed by atoms with E-state index in [1.807, 2.05) is 32.1 Å². The van der Waals surface area contributed by atoms with Gasteiger partial charge in [0.1, 0.15) is 35.1 Å². The molecule has 0 saturated heterocycles. The molecule has 0 unspecified atom stereocenters. The fraction of sp³-hybridized carbons (Fsp3) is 0.0833. The van der Waals surface area contributed by atoms with E-state index >= 15 is 0 Å². The van der Waals surface area contributed by atoms with Crippen LogP contribution in [-0.4, -0.2) is 0 Å². The standard InChI is InChI=1S/C24H14N4O2/c1-15-5-10-23(29-19-7-6-17(13-25)18(11-19)14-26)16(2)24(15)30-20-8-9-21(27-3)22(12-20)28-4/h5-12H,1-2H3. The lowest BCUT2D eigenvalue weighted by atomic mass is 10.1. The van der Waals surface area contributed by atoms with Crippen molar-refractivity contribution in [2.24, 2.45) is 0 Å². The molecule has 0 fully saturated rings. The predicted octanol–water partition coefficient (Wildman–Crippen LogP) is 6.73. The number of aryl methyl sites for hydroxylation is 1. The highest BCUT2D eigenvalue weighted by atomic mass is 16.5. The third kappa shape index (κ3) is 3.90.